The minimum atomic E-state index is -0.477. The third-order valence-electron chi connectivity index (χ3n) is 4.13. The molecule has 2 aromatic rings. The van der Waals surface area contributed by atoms with Crippen LogP contribution in [-0.2, 0) is 9.53 Å². The van der Waals surface area contributed by atoms with Crippen molar-refractivity contribution in [3.8, 4) is 0 Å². The Balaban J connectivity index is 1.71. The molecular formula is C19H19N3O4S. The Labute approximate surface area is 161 Å². The molecule has 0 spiro atoms. The second-order valence-corrected chi connectivity index (χ2v) is 7.37. The summed E-state index contributed by atoms with van der Waals surface area (Å²) in [5.41, 5.74) is 2.32. The van der Waals surface area contributed by atoms with E-state index in [9.17, 15) is 14.4 Å². The van der Waals surface area contributed by atoms with Gasteiger partial charge in [-0.2, -0.15) is 0 Å². The highest BCUT2D eigenvalue weighted by Gasteiger charge is 2.23. The van der Waals surface area contributed by atoms with Crippen molar-refractivity contribution in [1.82, 2.24) is 0 Å². The molecule has 2 aromatic carbocycles. The van der Waals surface area contributed by atoms with Crippen LogP contribution >= 0.6 is 11.8 Å². The van der Waals surface area contributed by atoms with Crippen molar-refractivity contribution in [3.05, 3.63) is 48.0 Å². The van der Waals surface area contributed by atoms with Crippen LogP contribution in [0.5, 0.6) is 0 Å². The second-order valence-electron chi connectivity index (χ2n) is 5.99. The zero-order valence-electron chi connectivity index (χ0n) is 15.1. The predicted molar refractivity (Wildman–Crippen MR) is 106 cm³/mol. The molecule has 0 bridgehead atoms. The van der Waals surface area contributed by atoms with Crippen molar-refractivity contribution >= 4 is 46.7 Å². The molecule has 2 N–H and O–H groups in total. The van der Waals surface area contributed by atoms with E-state index in [0.717, 1.165) is 4.90 Å². The molecule has 8 heteroatoms. The number of ether oxygens (including phenoxy) is 1. The lowest BCUT2D eigenvalue weighted by molar-refractivity contribution is -0.115. The van der Waals surface area contributed by atoms with E-state index in [1.54, 1.807) is 43.4 Å². The van der Waals surface area contributed by atoms with Gasteiger partial charge in [0, 0.05) is 28.9 Å². The number of anilines is 3. The third-order valence-corrected chi connectivity index (χ3v) is 5.31. The summed E-state index contributed by atoms with van der Waals surface area (Å²) in [6.45, 7) is 1.84. The van der Waals surface area contributed by atoms with Crippen LogP contribution in [0.2, 0.25) is 0 Å². The molecule has 0 saturated heterocycles. The summed E-state index contributed by atoms with van der Waals surface area (Å²) < 4.78 is 4.66. The van der Waals surface area contributed by atoms with E-state index in [-0.39, 0.29) is 17.1 Å². The minimum Gasteiger partial charge on any atom is -0.452 e. The molecule has 0 saturated carbocycles. The Bertz CT molecular complexity index is 898. The first-order valence-electron chi connectivity index (χ1n) is 8.23. The molecule has 1 aliphatic rings. The summed E-state index contributed by atoms with van der Waals surface area (Å²) in [5.74, 6) is -0.361. The number of amides is 3. The number of hydrogen-bond acceptors (Lipinski definition) is 5. The van der Waals surface area contributed by atoms with Gasteiger partial charge in [0.15, 0.2) is 0 Å². The molecule has 1 atom stereocenters. The molecule has 3 amide bonds. The molecule has 0 radical (unpaired) electrons. The van der Waals surface area contributed by atoms with Gasteiger partial charge >= 0.3 is 6.09 Å². The Kier molecular flexibility index (Phi) is 5.36. The Hall–Kier alpha value is -3.00. The van der Waals surface area contributed by atoms with Crippen LogP contribution < -0.4 is 15.5 Å². The van der Waals surface area contributed by atoms with Crippen molar-refractivity contribution in [1.29, 1.82) is 0 Å². The predicted octanol–water partition coefficient (Wildman–Crippen LogP) is 3.57. The molecular weight excluding hydrogens is 366 g/mol. The summed E-state index contributed by atoms with van der Waals surface area (Å²) in [6.07, 6.45) is -0.477. The summed E-state index contributed by atoms with van der Waals surface area (Å²) in [4.78, 5) is 38.1. The fourth-order valence-corrected chi connectivity index (χ4v) is 3.49. The highest BCUT2D eigenvalue weighted by atomic mass is 32.2. The molecule has 3 rings (SSSR count). The van der Waals surface area contributed by atoms with Gasteiger partial charge in [-0.15, -0.1) is 11.8 Å². The van der Waals surface area contributed by atoms with Crippen LogP contribution in [-0.4, -0.2) is 37.3 Å². The van der Waals surface area contributed by atoms with Gasteiger partial charge in [0.05, 0.1) is 18.0 Å². The fourth-order valence-electron chi connectivity index (χ4n) is 2.56. The molecule has 1 heterocycles. The standard InChI is InChI=1S/C19H19N3O4S/c1-11-17(23)21-15-10-12(4-9-16(15)27-11)18(24)20-13-5-7-14(8-6-13)22(2)19(25)26-3/h4-11H,1-3H3,(H,20,24)(H,21,23)/t11-/m1/s1. The average Bonchev–Trinajstić information content (AvgIpc) is 2.68. The molecule has 0 aromatic heterocycles. The number of hydrogen-bond donors (Lipinski definition) is 2. The van der Waals surface area contributed by atoms with Crippen LogP contribution in [0.25, 0.3) is 0 Å². The van der Waals surface area contributed by atoms with Gasteiger partial charge in [-0.3, -0.25) is 14.5 Å². The van der Waals surface area contributed by atoms with Crippen molar-refractivity contribution in [3.63, 3.8) is 0 Å². The first kappa shape index (κ1) is 18.8. The molecule has 7 nitrogen and oxygen atoms in total. The number of thioether (sulfide) groups is 1. The molecule has 0 unspecified atom stereocenters. The maximum atomic E-state index is 12.5. The molecule has 0 fully saturated rings. The number of methoxy groups -OCH3 is 1. The van der Waals surface area contributed by atoms with Crippen molar-refractivity contribution in [2.24, 2.45) is 0 Å². The fraction of sp³-hybridized carbons (Fsp3) is 0.211. The molecule has 140 valence electrons. The van der Waals surface area contributed by atoms with Gasteiger partial charge < -0.3 is 15.4 Å². The minimum absolute atomic E-state index is 0.0737. The molecule has 27 heavy (non-hydrogen) atoms. The maximum Gasteiger partial charge on any atom is 0.413 e. The van der Waals surface area contributed by atoms with Gasteiger partial charge in [0.2, 0.25) is 5.91 Å². The summed E-state index contributed by atoms with van der Waals surface area (Å²) in [5, 5.41) is 5.46. The highest BCUT2D eigenvalue weighted by molar-refractivity contribution is 8.00. The Morgan fingerprint density at radius 2 is 1.89 bits per heavy atom. The quantitative estimate of drug-likeness (QED) is 0.843. The van der Waals surface area contributed by atoms with Crippen LogP contribution in [0.4, 0.5) is 21.9 Å². The number of benzene rings is 2. The molecule has 0 aliphatic carbocycles. The van der Waals surface area contributed by atoms with E-state index in [4.69, 9.17) is 0 Å². The van der Waals surface area contributed by atoms with Crippen molar-refractivity contribution in [2.45, 2.75) is 17.1 Å². The number of nitrogens with zero attached hydrogens (tertiary/aromatic N) is 1. The number of carbonyl (C=O) groups is 3. The Morgan fingerprint density at radius 1 is 1.19 bits per heavy atom. The van der Waals surface area contributed by atoms with E-state index in [0.29, 0.717) is 22.6 Å². The first-order chi connectivity index (χ1) is 12.9. The second kappa shape index (κ2) is 7.71. The number of fused-ring (bicyclic) bond motifs is 1. The van der Waals surface area contributed by atoms with E-state index in [1.807, 2.05) is 13.0 Å². The van der Waals surface area contributed by atoms with E-state index in [2.05, 4.69) is 15.4 Å². The van der Waals surface area contributed by atoms with Gasteiger partial charge in [-0.1, -0.05) is 0 Å². The van der Waals surface area contributed by atoms with Crippen molar-refractivity contribution in [2.75, 3.05) is 29.7 Å². The van der Waals surface area contributed by atoms with E-state index >= 15 is 0 Å². The highest BCUT2D eigenvalue weighted by Crippen LogP contribution is 2.36. The number of carbonyl (C=O) groups excluding carboxylic acids is 3. The zero-order valence-corrected chi connectivity index (χ0v) is 15.9. The Morgan fingerprint density at radius 3 is 2.56 bits per heavy atom. The smallest absolute Gasteiger partial charge is 0.413 e. The van der Waals surface area contributed by atoms with Crippen LogP contribution in [0, 0.1) is 0 Å². The summed E-state index contributed by atoms with van der Waals surface area (Å²) in [7, 11) is 2.91. The van der Waals surface area contributed by atoms with Crippen LogP contribution in [0.3, 0.4) is 0 Å². The zero-order chi connectivity index (χ0) is 19.6. The van der Waals surface area contributed by atoms with Crippen LogP contribution in [0.15, 0.2) is 47.4 Å². The largest absolute Gasteiger partial charge is 0.452 e. The van der Waals surface area contributed by atoms with E-state index < -0.39 is 6.09 Å². The first-order valence-corrected chi connectivity index (χ1v) is 9.11. The molecule has 1 aliphatic heterocycles. The summed E-state index contributed by atoms with van der Waals surface area (Å²) in [6, 6.07) is 12.0. The lowest BCUT2D eigenvalue weighted by Gasteiger charge is -2.21. The third kappa shape index (κ3) is 4.06. The monoisotopic (exact) mass is 385 g/mol. The lowest BCUT2D eigenvalue weighted by Crippen LogP contribution is -2.26. The SMILES string of the molecule is COC(=O)N(C)c1ccc(NC(=O)c2ccc3c(c2)NC(=O)[C@@H](C)S3)cc1. The van der Waals surface area contributed by atoms with Gasteiger partial charge in [-0.25, -0.2) is 4.79 Å². The average molecular weight is 385 g/mol. The van der Waals surface area contributed by atoms with Gasteiger partial charge in [0.25, 0.3) is 5.91 Å². The maximum absolute atomic E-state index is 12.5. The normalized spacial score (nSPS) is 15.4. The number of rotatable bonds is 3. The summed E-state index contributed by atoms with van der Waals surface area (Å²) >= 11 is 1.47. The van der Waals surface area contributed by atoms with Gasteiger partial charge in [0.1, 0.15) is 0 Å². The lowest BCUT2D eigenvalue weighted by atomic mass is 10.1. The van der Waals surface area contributed by atoms with Gasteiger partial charge in [-0.05, 0) is 49.4 Å². The van der Waals surface area contributed by atoms with Crippen LogP contribution in [0.1, 0.15) is 17.3 Å². The number of nitrogens with one attached hydrogen (secondary N) is 2. The van der Waals surface area contributed by atoms with Crippen molar-refractivity contribution < 1.29 is 19.1 Å². The topological polar surface area (TPSA) is 87.7 Å². The van der Waals surface area contributed by atoms with E-state index in [1.165, 1.54) is 23.8 Å².